The lowest BCUT2D eigenvalue weighted by atomic mass is 9.88. The van der Waals surface area contributed by atoms with Gasteiger partial charge in [0.1, 0.15) is 16.6 Å². The molecule has 2 aromatic rings. The molecule has 1 fully saturated rings. The van der Waals surface area contributed by atoms with E-state index in [-0.39, 0.29) is 36.4 Å². The third-order valence-electron chi connectivity index (χ3n) is 6.67. The number of hydrogen-bond acceptors (Lipinski definition) is 4. The summed E-state index contributed by atoms with van der Waals surface area (Å²) in [5, 5.41) is 0.301. The van der Waals surface area contributed by atoms with Crippen LogP contribution in [0.1, 0.15) is 57.6 Å². The van der Waals surface area contributed by atoms with E-state index in [4.69, 9.17) is 16.3 Å². The van der Waals surface area contributed by atoms with Crippen LogP contribution in [-0.4, -0.2) is 46.7 Å². The Bertz CT molecular complexity index is 1110. The first kappa shape index (κ1) is 25.2. The minimum Gasteiger partial charge on any atom is -0.444 e. The summed E-state index contributed by atoms with van der Waals surface area (Å²) >= 11 is 6.20. The van der Waals surface area contributed by atoms with Crippen LogP contribution in [-0.2, 0) is 11.3 Å². The molecule has 35 heavy (non-hydrogen) atoms. The Morgan fingerprint density at radius 1 is 1.23 bits per heavy atom. The maximum absolute atomic E-state index is 14.9. The number of hydrogen-bond donors (Lipinski definition) is 0. The highest BCUT2D eigenvalue weighted by Gasteiger charge is 2.40. The van der Waals surface area contributed by atoms with Crippen LogP contribution < -0.4 is 9.80 Å². The Kier molecular flexibility index (Phi) is 6.95. The molecule has 2 heterocycles. The van der Waals surface area contributed by atoms with Crippen molar-refractivity contribution < 1.29 is 18.7 Å². The second-order valence-corrected chi connectivity index (χ2v) is 10.7. The molecule has 9 heteroatoms. The fourth-order valence-electron chi connectivity index (χ4n) is 4.94. The van der Waals surface area contributed by atoms with Crippen molar-refractivity contribution in [2.24, 2.45) is 0 Å². The molecular formula is C26H32ClFN4O3. The van der Waals surface area contributed by atoms with E-state index in [1.807, 2.05) is 20.8 Å². The number of benzene rings is 1. The largest absolute Gasteiger partial charge is 0.444 e. The quantitative estimate of drug-likeness (QED) is 0.461. The van der Waals surface area contributed by atoms with Crippen LogP contribution in [0.4, 0.5) is 25.4 Å². The summed E-state index contributed by atoms with van der Waals surface area (Å²) in [6, 6.07) is 6.13. The second-order valence-electron chi connectivity index (χ2n) is 10.3. The van der Waals surface area contributed by atoms with Gasteiger partial charge in [-0.3, -0.25) is 9.80 Å². The Hall–Kier alpha value is -2.87. The number of urea groups is 1. The summed E-state index contributed by atoms with van der Waals surface area (Å²) < 4.78 is 20.4. The van der Waals surface area contributed by atoms with Crippen LogP contribution in [0.3, 0.4) is 0 Å². The van der Waals surface area contributed by atoms with Crippen molar-refractivity contribution in [1.82, 2.24) is 9.88 Å². The molecule has 4 rings (SSSR count). The molecule has 2 aliphatic rings. The lowest BCUT2D eigenvalue weighted by Crippen LogP contribution is -2.54. The van der Waals surface area contributed by atoms with E-state index in [1.54, 1.807) is 48.2 Å². The first-order chi connectivity index (χ1) is 16.5. The maximum Gasteiger partial charge on any atom is 0.410 e. The molecule has 0 radical (unpaired) electrons. The number of amides is 3. The summed E-state index contributed by atoms with van der Waals surface area (Å²) in [5.74, 6) is -0.439. The average molecular weight is 503 g/mol. The highest BCUT2D eigenvalue weighted by molar-refractivity contribution is 6.29. The van der Waals surface area contributed by atoms with Gasteiger partial charge in [0, 0.05) is 30.9 Å². The first-order valence-electron chi connectivity index (χ1n) is 11.9. The van der Waals surface area contributed by atoms with E-state index in [2.05, 4.69) is 4.98 Å². The smallest absolute Gasteiger partial charge is 0.410 e. The summed E-state index contributed by atoms with van der Waals surface area (Å²) in [6.45, 7) is 7.55. The van der Waals surface area contributed by atoms with E-state index in [0.717, 1.165) is 18.4 Å². The Balaban J connectivity index is 1.59. The zero-order valence-corrected chi connectivity index (χ0v) is 21.6. The summed E-state index contributed by atoms with van der Waals surface area (Å²) in [5.41, 5.74) is 1.93. The fourth-order valence-corrected chi connectivity index (χ4v) is 5.10. The van der Waals surface area contributed by atoms with Crippen LogP contribution in [0.5, 0.6) is 0 Å². The number of para-hydroxylation sites is 1. The van der Waals surface area contributed by atoms with Gasteiger partial charge >= 0.3 is 12.1 Å². The molecule has 0 saturated heterocycles. The number of nitrogens with zero attached hydrogens (tertiary/aromatic N) is 4. The van der Waals surface area contributed by atoms with Crippen LogP contribution >= 0.6 is 11.6 Å². The zero-order valence-electron chi connectivity index (χ0n) is 20.8. The van der Waals surface area contributed by atoms with Crippen molar-refractivity contribution >= 4 is 35.1 Å². The Morgan fingerprint density at radius 3 is 2.54 bits per heavy atom. The maximum atomic E-state index is 14.9. The molecular weight excluding hydrogens is 471 g/mol. The topological polar surface area (TPSA) is 66.0 Å². The minimum absolute atomic E-state index is 0.0198. The lowest BCUT2D eigenvalue weighted by molar-refractivity contribution is 0.0183. The molecule has 0 atom stereocenters. The summed E-state index contributed by atoms with van der Waals surface area (Å²) in [7, 11) is 1.76. The van der Waals surface area contributed by atoms with Gasteiger partial charge in [0.15, 0.2) is 0 Å². The van der Waals surface area contributed by atoms with Crippen LogP contribution in [0.2, 0.25) is 5.15 Å². The molecule has 1 aromatic carbocycles. The monoisotopic (exact) mass is 502 g/mol. The van der Waals surface area contributed by atoms with E-state index in [9.17, 15) is 14.0 Å². The van der Waals surface area contributed by atoms with Gasteiger partial charge in [-0.25, -0.2) is 19.0 Å². The molecule has 7 nitrogen and oxygen atoms in total. The number of pyridine rings is 1. The number of rotatable bonds is 3. The molecule has 0 N–H and O–H groups in total. The molecule has 1 saturated carbocycles. The molecule has 0 unspecified atom stereocenters. The number of halogens is 2. The van der Waals surface area contributed by atoms with E-state index < -0.39 is 11.4 Å². The van der Waals surface area contributed by atoms with Gasteiger partial charge in [0.05, 0.1) is 17.9 Å². The molecule has 1 aromatic heterocycles. The second kappa shape index (κ2) is 9.64. The number of carbonyl (C=O) groups excluding carboxylic acids is 2. The molecule has 1 aliphatic carbocycles. The third-order valence-corrected chi connectivity index (χ3v) is 6.88. The molecule has 1 aliphatic heterocycles. The van der Waals surface area contributed by atoms with Crippen LogP contribution in [0.15, 0.2) is 30.5 Å². The number of aryl methyl sites for hydroxylation is 1. The van der Waals surface area contributed by atoms with Gasteiger partial charge in [-0.2, -0.15) is 0 Å². The van der Waals surface area contributed by atoms with Crippen LogP contribution in [0.25, 0.3) is 0 Å². The predicted octanol–water partition coefficient (Wildman–Crippen LogP) is 6.31. The normalized spacial score (nSPS) is 20.5. The van der Waals surface area contributed by atoms with Crippen molar-refractivity contribution in [3.63, 3.8) is 0 Å². The van der Waals surface area contributed by atoms with Crippen molar-refractivity contribution in [2.75, 3.05) is 16.8 Å². The van der Waals surface area contributed by atoms with Gasteiger partial charge in [-0.1, -0.05) is 23.7 Å². The zero-order chi connectivity index (χ0) is 25.5. The number of ether oxygens (including phenoxy) is 1. The highest BCUT2D eigenvalue weighted by Crippen LogP contribution is 2.39. The number of anilines is 2. The molecule has 0 bridgehead atoms. The molecule has 0 spiro atoms. The number of fused-ring (bicyclic) bond motifs is 1. The van der Waals surface area contributed by atoms with E-state index >= 15 is 0 Å². The van der Waals surface area contributed by atoms with E-state index in [0.29, 0.717) is 29.2 Å². The number of carbonyl (C=O) groups is 2. The SMILES string of the molecule is Cc1cccc(F)c1N1Cc2cnc(Cl)cc2N([C@H]2CC[C@@H](N(C)C(=O)OC(C)(C)C)CC2)C1=O. The van der Waals surface area contributed by atoms with Gasteiger partial charge in [-0.15, -0.1) is 0 Å². The third kappa shape index (κ3) is 5.22. The molecule has 3 amide bonds. The standard InChI is InChI=1S/C26H32ClFN4O3/c1-16-7-6-8-20(28)23(16)31-15-17-14-29-22(27)13-21(17)32(24(31)33)19-11-9-18(10-12-19)30(5)25(34)35-26(2,3)4/h6-8,13-14,18-19H,9-12,15H2,1-5H3/t18-,19+. The van der Waals surface area contributed by atoms with Gasteiger partial charge in [0.25, 0.3) is 0 Å². The van der Waals surface area contributed by atoms with Crippen molar-refractivity contribution in [3.8, 4) is 0 Å². The first-order valence-corrected chi connectivity index (χ1v) is 12.3. The minimum atomic E-state index is -0.561. The summed E-state index contributed by atoms with van der Waals surface area (Å²) in [6.07, 6.45) is 4.12. The van der Waals surface area contributed by atoms with E-state index in [1.165, 1.54) is 11.0 Å². The van der Waals surface area contributed by atoms with Crippen molar-refractivity contribution in [3.05, 3.63) is 52.6 Å². The lowest BCUT2D eigenvalue weighted by Gasteiger charge is -2.44. The summed E-state index contributed by atoms with van der Waals surface area (Å²) in [4.78, 5) is 35.4. The number of aromatic nitrogens is 1. The van der Waals surface area contributed by atoms with Crippen LogP contribution in [0, 0.1) is 12.7 Å². The van der Waals surface area contributed by atoms with Gasteiger partial charge in [-0.05, 0) is 71.1 Å². The average Bonchev–Trinajstić information content (AvgIpc) is 2.78. The van der Waals surface area contributed by atoms with Crippen molar-refractivity contribution in [2.45, 2.75) is 77.6 Å². The highest BCUT2D eigenvalue weighted by atomic mass is 35.5. The fraction of sp³-hybridized carbons (Fsp3) is 0.500. The molecule has 188 valence electrons. The Labute approximate surface area is 210 Å². The predicted molar refractivity (Wildman–Crippen MR) is 134 cm³/mol. The van der Waals surface area contributed by atoms with Crippen molar-refractivity contribution in [1.29, 1.82) is 0 Å². The van der Waals surface area contributed by atoms with Gasteiger partial charge in [0.2, 0.25) is 0 Å². The van der Waals surface area contributed by atoms with Gasteiger partial charge < -0.3 is 9.64 Å². The Morgan fingerprint density at radius 2 is 1.91 bits per heavy atom.